The SMILES string of the molecule is CCCC/C=C\CCCCCCC(=O)NC(CO)C(O)/C=C/CC/C=C/CCCCCCCCCCCCCCCCCC. The van der Waals surface area contributed by atoms with Crippen LogP contribution in [0.4, 0.5) is 0 Å². The maximum atomic E-state index is 12.2. The van der Waals surface area contributed by atoms with E-state index in [2.05, 4.69) is 43.5 Å². The lowest BCUT2D eigenvalue weighted by Crippen LogP contribution is -2.45. The van der Waals surface area contributed by atoms with Gasteiger partial charge in [0, 0.05) is 6.42 Å². The second kappa shape index (κ2) is 36.1. The van der Waals surface area contributed by atoms with Crippen molar-refractivity contribution in [3.05, 3.63) is 36.5 Å². The minimum atomic E-state index is -0.863. The number of carbonyl (C=O) groups is 1. The molecular weight excluding hydrogens is 542 g/mol. The average molecular weight is 618 g/mol. The molecule has 0 heterocycles. The lowest BCUT2D eigenvalue weighted by Gasteiger charge is -2.19. The maximum Gasteiger partial charge on any atom is 0.220 e. The molecule has 0 aliphatic carbocycles. The Morgan fingerprint density at radius 1 is 0.523 bits per heavy atom. The molecule has 0 saturated heterocycles. The highest BCUT2D eigenvalue weighted by Gasteiger charge is 2.17. The molecule has 1 amide bonds. The lowest BCUT2D eigenvalue weighted by molar-refractivity contribution is -0.123. The fourth-order valence-corrected chi connectivity index (χ4v) is 5.59. The van der Waals surface area contributed by atoms with Crippen LogP contribution in [0.2, 0.25) is 0 Å². The second-order valence-electron chi connectivity index (χ2n) is 13.0. The summed E-state index contributed by atoms with van der Waals surface area (Å²) in [5.74, 6) is -0.0898. The van der Waals surface area contributed by atoms with Gasteiger partial charge in [0.1, 0.15) is 0 Å². The molecule has 44 heavy (non-hydrogen) atoms. The first-order chi connectivity index (χ1) is 21.7. The number of hydrogen-bond donors (Lipinski definition) is 3. The molecule has 0 rings (SSSR count). The molecule has 0 saturated carbocycles. The van der Waals surface area contributed by atoms with E-state index in [1.165, 1.54) is 128 Å². The van der Waals surface area contributed by atoms with E-state index in [0.29, 0.717) is 6.42 Å². The summed E-state index contributed by atoms with van der Waals surface area (Å²) in [4.78, 5) is 12.2. The van der Waals surface area contributed by atoms with Gasteiger partial charge in [0.05, 0.1) is 18.8 Å². The molecule has 0 radical (unpaired) electrons. The number of allylic oxidation sites excluding steroid dienone is 5. The highest BCUT2D eigenvalue weighted by atomic mass is 16.3. The van der Waals surface area contributed by atoms with Crippen LogP contribution in [0.5, 0.6) is 0 Å². The van der Waals surface area contributed by atoms with Crippen molar-refractivity contribution in [3.63, 3.8) is 0 Å². The summed E-state index contributed by atoms with van der Waals surface area (Å²) in [6.45, 7) is 4.24. The first-order valence-electron chi connectivity index (χ1n) is 19.2. The van der Waals surface area contributed by atoms with Crippen molar-refractivity contribution in [2.24, 2.45) is 0 Å². The number of hydrogen-bond acceptors (Lipinski definition) is 3. The Kier molecular flexibility index (Phi) is 34.9. The van der Waals surface area contributed by atoms with Crippen molar-refractivity contribution >= 4 is 5.91 Å². The molecule has 0 bridgehead atoms. The first kappa shape index (κ1) is 42.6. The summed E-state index contributed by atoms with van der Waals surface area (Å²) in [6, 6.07) is -0.641. The van der Waals surface area contributed by atoms with Crippen molar-refractivity contribution in [2.45, 2.75) is 206 Å². The van der Waals surface area contributed by atoms with Crippen LogP contribution in [-0.2, 0) is 4.79 Å². The van der Waals surface area contributed by atoms with Crippen LogP contribution >= 0.6 is 0 Å². The van der Waals surface area contributed by atoms with Gasteiger partial charge in [-0.1, -0.05) is 172 Å². The average Bonchev–Trinajstić information content (AvgIpc) is 3.03. The van der Waals surface area contributed by atoms with E-state index in [1.807, 2.05) is 6.08 Å². The van der Waals surface area contributed by atoms with E-state index >= 15 is 0 Å². The monoisotopic (exact) mass is 618 g/mol. The van der Waals surface area contributed by atoms with Gasteiger partial charge in [-0.3, -0.25) is 4.79 Å². The third-order valence-electron chi connectivity index (χ3n) is 8.60. The lowest BCUT2D eigenvalue weighted by atomic mass is 10.0. The molecular formula is C40H75NO3. The normalized spacial score (nSPS) is 13.5. The summed E-state index contributed by atoms with van der Waals surface area (Å²) >= 11 is 0. The number of rotatable bonds is 34. The van der Waals surface area contributed by atoms with Crippen LogP contribution in [0.1, 0.15) is 194 Å². The van der Waals surface area contributed by atoms with E-state index < -0.39 is 12.1 Å². The van der Waals surface area contributed by atoms with Gasteiger partial charge in [0.25, 0.3) is 0 Å². The molecule has 4 nitrogen and oxygen atoms in total. The van der Waals surface area contributed by atoms with Crippen LogP contribution in [0.15, 0.2) is 36.5 Å². The fraction of sp³-hybridized carbons (Fsp3) is 0.825. The highest BCUT2D eigenvalue weighted by molar-refractivity contribution is 5.76. The smallest absolute Gasteiger partial charge is 0.220 e. The molecule has 2 atom stereocenters. The Hall–Kier alpha value is -1.39. The zero-order valence-electron chi connectivity index (χ0n) is 29.4. The molecule has 0 aliphatic rings. The van der Waals surface area contributed by atoms with Crippen molar-refractivity contribution in [1.29, 1.82) is 0 Å². The third-order valence-corrected chi connectivity index (χ3v) is 8.60. The molecule has 0 aromatic carbocycles. The van der Waals surface area contributed by atoms with Gasteiger partial charge in [0.15, 0.2) is 0 Å². The van der Waals surface area contributed by atoms with E-state index in [1.54, 1.807) is 6.08 Å². The van der Waals surface area contributed by atoms with Gasteiger partial charge in [-0.15, -0.1) is 0 Å². The number of unbranched alkanes of at least 4 members (excludes halogenated alkanes) is 23. The number of nitrogens with one attached hydrogen (secondary N) is 1. The van der Waals surface area contributed by atoms with Gasteiger partial charge in [-0.2, -0.15) is 0 Å². The number of carbonyl (C=O) groups excluding carboxylic acids is 1. The Bertz CT molecular complexity index is 672. The summed E-state index contributed by atoms with van der Waals surface area (Å²) < 4.78 is 0. The molecule has 0 aromatic rings. The molecule has 3 N–H and O–H groups in total. The molecule has 0 aliphatic heterocycles. The number of aliphatic hydroxyl groups excluding tert-OH is 2. The van der Waals surface area contributed by atoms with Crippen LogP contribution in [0.25, 0.3) is 0 Å². The topological polar surface area (TPSA) is 69.6 Å². The summed E-state index contributed by atoms with van der Waals surface area (Å²) in [7, 11) is 0. The van der Waals surface area contributed by atoms with E-state index in [4.69, 9.17) is 0 Å². The fourth-order valence-electron chi connectivity index (χ4n) is 5.59. The third kappa shape index (κ3) is 32.0. The molecule has 0 spiro atoms. The van der Waals surface area contributed by atoms with Gasteiger partial charge in [0.2, 0.25) is 5.91 Å². The quantitative estimate of drug-likeness (QED) is 0.0497. The largest absolute Gasteiger partial charge is 0.394 e. The van der Waals surface area contributed by atoms with Crippen molar-refractivity contribution < 1.29 is 15.0 Å². The van der Waals surface area contributed by atoms with Crippen molar-refractivity contribution in [1.82, 2.24) is 5.32 Å². The van der Waals surface area contributed by atoms with Gasteiger partial charge >= 0.3 is 0 Å². The van der Waals surface area contributed by atoms with Crippen molar-refractivity contribution in [3.8, 4) is 0 Å². The summed E-state index contributed by atoms with van der Waals surface area (Å²) in [6.07, 6.45) is 46.8. The molecule has 258 valence electrons. The van der Waals surface area contributed by atoms with E-state index in [0.717, 1.165) is 44.9 Å². The van der Waals surface area contributed by atoms with Gasteiger partial charge in [-0.05, 0) is 51.4 Å². The van der Waals surface area contributed by atoms with Crippen LogP contribution in [0, 0.1) is 0 Å². The van der Waals surface area contributed by atoms with E-state index in [-0.39, 0.29) is 12.5 Å². The predicted molar refractivity (Wildman–Crippen MR) is 193 cm³/mol. The van der Waals surface area contributed by atoms with Crippen LogP contribution < -0.4 is 5.32 Å². The van der Waals surface area contributed by atoms with Crippen molar-refractivity contribution in [2.75, 3.05) is 6.61 Å². The highest BCUT2D eigenvalue weighted by Crippen LogP contribution is 2.14. The number of amides is 1. The second-order valence-corrected chi connectivity index (χ2v) is 13.0. The molecule has 0 fully saturated rings. The first-order valence-corrected chi connectivity index (χ1v) is 19.2. The Morgan fingerprint density at radius 2 is 0.909 bits per heavy atom. The zero-order valence-corrected chi connectivity index (χ0v) is 29.4. The standard InChI is InChI=1S/C40H75NO3/c1-3-5-7-9-11-13-15-16-17-18-19-20-21-22-23-24-25-26-27-29-31-33-35-39(43)38(37-42)41-40(44)36-34-32-30-28-14-12-10-8-6-4-2/h10,12,26-27,33,35,38-39,42-43H,3-9,11,13-25,28-32,34,36-37H2,1-2H3,(H,41,44)/b12-10-,27-26+,35-33+. The van der Waals surface area contributed by atoms with E-state index in [9.17, 15) is 15.0 Å². The minimum Gasteiger partial charge on any atom is -0.394 e. The van der Waals surface area contributed by atoms with Gasteiger partial charge in [-0.25, -0.2) is 0 Å². The minimum absolute atomic E-state index is 0.0898. The Balaban J connectivity index is 3.61. The Labute approximate surface area is 274 Å². The van der Waals surface area contributed by atoms with Gasteiger partial charge < -0.3 is 15.5 Å². The summed E-state index contributed by atoms with van der Waals surface area (Å²) in [5.41, 5.74) is 0. The molecule has 4 heteroatoms. The number of aliphatic hydroxyl groups is 2. The molecule has 2 unspecified atom stereocenters. The van der Waals surface area contributed by atoms with Crippen LogP contribution in [-0.4, -0.2) is 34.9 Å². The molecule has 0 aromatic heterocycles. The maximum absolute atomic E-state index is 12.2. The Morgan fingerprint density at radius 3 is 1.39 bits per heavy atom. The van der Waals surface area contributed by atoms with Crippen LogP contribution in [0.3, 0.4) is 0 Å². The summed E-state index contributed by atoms with van der Waals surface area (Å²) in [5, 5.41) is 22.8. The zero-order chi connectivity index (χ0) is 32.2. The predicted octanol–water partition coefficient (Wildman–Crippen LogP) is 11.5.